The van der Waals surface area contributed by atoms with Gasteiger partial charge in [0.2, 0.25) is 0 Å². The zero-order chi connectivity index (χ0) is 17.8. The fourth-order valence-corrected chi connectivity index (χ4v) is 2.55. The van der Waals surface area contributed by atoms with E-state index in [1.807, 2.05) is 6.07 Å². The van der Waals surface area contributed by atoms with Crippen molar-refractivity contribution in [2.45, 2.75) is 0 Å². The summed E-state index contributed by atoms with van der Waals surface area (Å²) in [6.07, 6.45) is 0. The summed E-state index contributed by atoms with van der Waals surface area (Å²) in [5.41, 5.74) is 0.912. The standard InChI is InChI=1S/C16H13N5O4/c22-18-10-17-15-9-20(23)16(11-4-2-1-3-5-11)13-8-12(21(24)25)6-7-14(13)19-15/h1-8,23H,9-10H2/b17-15-. The molecule has 0 atom stereocenters. The van der Waals surface area contributed by atoms with Gasteiger partial charge in [0.05, 0.1) is 16.0 Å². The van der Waals surface area contributed by atoms with Crippen LogP contribution in [-0.2, 0) is 0 Å². The molecule has 126 valence electrons. The summed E-state index contributed by atoms with van der Waals surface area (Å²) in [6.45, 7) is -0.405. The average molecular weight is 339 g/mol. The van der Waals surface area contributed by atoms with Gasteiger partial charge in [0, 0.05) is 22.9 Å². The summed E-state index contributed by atoms with van der Waals surface area (Å²) < 4.78 is 0. The first-order valence-corrected chi connectivity index (χ1v) is 7.32. The van der Waals surface area contributed by atoms with Crippen molar-refractivity contribution in [1.29, 1.82) is 0 Å². The van der Waals surface area contributed by atoms with E-state index < -0.39 is 4.92 Å². The minimum Gasteiger partial charge on any atom is -0.288 e. The first-order valence-electron chi connectivity index (χ1n) is 7.32. The van der Waals surface area contributed by atoms with Crippen LogP contribution < -0.4 is 10.6 Å². The number of hydrogen-bond acceptors (Lipinski definition) is 7. The van der Waals surface area contributed by atoms with E-state index in [-0.39, 0.29) is 24.7 Å². The number of nitro groups is 1. The summed E-state index contributed by atoms with van der Waals surface area (Å²) in [5.74, 6) is 0.197. The molecule has 0 aromatic heterocycles. The van der Waals surface area contributed by atoms with Crippen LogP contribution in [0.4, 0.5) is 5.69 Å². The number of aliphatic imine (C=N–C) groups is 1. The van der Waals surface area contributed by atoms with Gasteiger partial charge < -0.3 is 0 Å². The van der Waals surface area contributed by atoms with E-state index in [9.17, 15) is 20.2 Å². The topological polar surface area (TPSA) is 121 Å². The Bertz CT molecular complexity index is 972. The summed E-state index contributed by atoms with van der Waals surface area (Å²) in [6, 6.07) is 13.1. The lowest BCUT2D eigenvalue weighted by molar-refractivity contribution is -0.385. The predicted octanol–water partition coefficient (Wildman–Crippen LogP) is 1.20. The van der Waals surface area contributed by atoms with Gasteiger partial charge in [-0.15, -0.1) is 4.91 Å². The maximum Gasteiger partial charge on any atom is 0.270 e. The minimum atomic E-state index is -0.513. The van der Waals surface area contributed by atoms with E-state index >= 15 is 0 Å². The van der Waals surface area contributed by atoms with Gasteiger partial charge in [0.25, 0.3) is 5.69 Å². The van der Waals surface area contributed by atoms with Crippen molar-refractivity contribution in [2.75, 3.05) is 13.2 Å². The largest absolute Gasteiger partial charge is 0.288 e. The van der Waals surface area contributed by atoms with Gasteiger partial charge in [-0.1, -0.05) is 30.3 Å². The molecule has 2 aromatic carbocycles. The second kappa shape index (κ2) is 6.97. The summed E-state index contributed by atoms with van der Waals surface area (Å²) >= 11 is 0. The van der Waals surface area contributed by atoms with Crippen molar-refractivity contribution in [1.82, 2.24) is 5.06 Å². The van der Waals surface area contributed by atoms with Crippen LogP contribution >= 0.6 is 0 Å². The van der Waals surface area contributed by atoms with E-state index in [4.69, 9.17) is 0 Å². The van der Waals surface area contributed by atoms with Crippen molar-refractivity contribution in [3.63, 3.8) is 0 Å². The zero-order valence-corrected chi connectivity index (χ0v) is 12.9. The van der Waals surface area contributed by atoms with Crippen LogP contribution in [0.1, 0.15) is 5.56 Å². The number of hydrogen-bond donors (Lipinski definition) is 1. The Morgan fingerprint density at radius 2 is 2.00 bits per heavy atom. The normalized spacial score (nSPS) is 15.3. The number of hydroxylamine groups is 2. The third-order valence-electron chi connectivity index (χ3n) is 3.60. The Morgan fingerprint density at radius 3 is 2.68 bits per heavy atom. The van der Waals surface area contributed by atoms with E-state index in [1.54, 1.807) is 24.3 Å². The molecule has 0 spiro atoms. The number of nitrogens with zero attached hydrogens (tertiary/aromatic N) is 5. The molecule has 1 heterocycles. The Hall–Kier alpha value is -3.46. The first kappa shape index (κ1) is 16.4. The highest BCUT2D eigenvalue weighted by molar-refractivity contribution is 5.87. The quantitative estimate of drug-likeness (QED) is 0.509. The van der Waals surface area contributed by atoms with Gasteiger partial charge in [-0.25, -0.2) is 15.0 Å². The molecule has 1 N–H and O–H groups in total. The van der Waals surface area contributed by atoms with Gasteiger partial charge in [0.15, 0.2) is 6.67 Å². The predicted molar refractivity (Wildman–Crippen MR) is 89.4 cm³/mol. The molecule has 3 rings (SSSR count). The zero-order valence-electron chi connectivity index (χ0n) is 12.9. The van der Waals surface area contributed by atoms with Crippen LogP contribution in [0, 0.1) is 15.0 Å². The van der Waals surface area contributed by atoms with E-state index in [0.29, 0.717) is 21.8 Å². The first-order chi connectivity index (χ1) is 12.1. The van der Waals surface area contributed by atoms with E-state index in [2.05, 4.69) is 15.2 Å². The molecule has 0 saturated carbocycles. The maximum absolute atomic E-state index is 11.1. The number of amidine groups is 1. The van der Waals surface area contributed by atoms with Crippen molar-refractivity contribution >= 4 is 17.2 Å². The van der Waals surface area contributed by atoms with Crippen molar-refractivity contribution < 1.29 is 10.1 Å². The molecule has 1 aliphatic rings. The van der Waals surface area contributed by atoms with Gasteiger partial charge in [0.1, 0.15) is 12.4 Å². The summed E-state index contributed by atoms with van der Waals surface area (Å²) in [7, 11) is 0. The lowest BCUT2D eigenvalue weighted by Gasteiger charge is -2.19. The molecular formula is C16H13N5O4. The fraction of sp³-hybridized carbons (Fsp3) is 0.125. The van der Waals surface area contributed by atoms with Gasteiger partial charge in [-0.05, 0) is 11.2 Å². The number of non-ortho nitro benzene ring substituents is 1. The molecule has 0 aliphatic carbocycles. The van der Waals surface area contributed by atoms with Crippen LogP contribution in [0.2, 0.25) is 0 Å². The smallest absolute Gasteiger partial charge is 0.270 e. The number of rotatable bonds is 4. The molecule has 0 amide bonds. The van der Waals surface area contributed by atoms with Crippen LogP contribution in [-0.4, -0.2) is 34.2 Å². The monoisotopic (exact) mass is 339 g/mol. The molecule has 0 fully saturated rings. The molecule has 25 heavy (non-hydrogen) atoms. The van der Waals surface area contributed by atoms with Crippen molar-refractivity contribution in [2.24, 2.45) is 15.2 Å². The van der Waals surface area contributed by atoms with Gasteiger partial charge >= 0.3 is 0 Å². The number of nitro benzene ring substituents is 1. The number of benzene rings is 2. The van der Waals surface area contributed by atoms with E-state index in [1.165, 1.54) is 18.2 Å². The molecule has 2 aromatic rings. The van der Waals surface area contributed by atoms with Gasteiger partial charge in [-0.2, -0.15) is 0 Å². The molecule has 0 bridgehead atoms. The second-order valence-corrected chi connectivity index (χ2v) is 5.19. The third-order valence-corrected chi connectivity index (χ3v) is 3.60. The van der Waals surface area contributed by atoms with Crippen LogP contribution in [0.3, 0.4) is 0 Å². The molecule has 1 aliphatic heterocycles. The van der Waals surface area contributed by atoms with Crippen molar-refractivity contribution in [3.05, 3.63) is 79.7 Å². The Balaban J connectivity index is 2.35. The molecule has 0 saturated heterocycles. The Kier molecular flexibility index (Phi) is 4.57. The fourth-order valence-electron chi connectivity index (χ4n) is 2.55. The maximum atomic E-state index is 11.1. The highest BCUT2D eigenvalue weighted by Crippen LogP contribution is 2.16. The average Bonchev–Trinajstić information content (AvgIpc) is 2.75. The molecule has 9 nitrogen and oxygen atoms in total. The molecule has 9 heteroatoms. The highest BCUT2D eigenvalue weighted by atomic mass is 16.6. The van der Waals surface area contributed by atoms with Crippen LogP contribution in [0.15, 0.2) is 63.7 Å². The van der Waals surface area contributed by atoms with Crippen LogP contribution in [0.25, 0.3) is 5.70 Å². The number of fused-ring (bicyclic) bond motifs is 1. The SMILES string of the molecule is O=NC/N=C1/CN(O)C(c2ccccc2)=c2cc([N+](=O)[O-])ccc2=N1. The third kappa shape index (κ3) is 3.40. The summed E-state index contributed by atoms with van der Waals surface area (Å²) in [5, 5.41) is 26.0. The Labute approximate surface area is 141 Å². The molecule has 0 unspecified atom stereocenters. The lowest BCUT2D eigenvalue weighted by atomic mass is 10.1. The highest BCUT2D eigenvalue weighted by Gasteiger charge is 2.19. The lowest BCUT2D eigenvalue weighted by Crippen LogP contribution is -2.32. The van der Waals surface area contributed by atoms with Crippen molar-refractivity contribution in [3.8, 4) is 0 Å². The Morgan fingerprint density at radius 1 is 1.24 bits per heavy atom. The van der Waals surface area contributed by atoms with Crippen LogP contribution in [0.5, 0.6) is 0 Å². The second-order valence-electron chi connectivity index (χ2n) is 5.19. The summed E-state index contributed by atoms with van der Waals surface area (Å²) in [4.78, 5) is 29.1. The molecule has 0 radical (unpaired) electrons. The molecular weight excluding hydrogens is 326 g/mol. The number of nitroso groups, excluding NO2 is 1. The minimum absolute atomic E-state index is 0.0811. The van der Waals surface area contributed by atoms with E-state index in [0.717, 1.165) is 5.06 Å². The van der Waals surface area contributed by atoms with Gasteiger partial charge in [-0.3, -0.25) is 15.3 Å².